The highest BCUT2D eigenvalue weighted by Gasteiger charge is 2.28. The maximum absolute atomic E-state index is 10.7. The lowest BCUT2D eigenvalue weighted by molar-refractivity contribution is 0.407. The molecule has 0 aliphatic heterocycles. The van der Waals surface area contributed by atoms with Gasteiger partial charge in [0.15, 0.2) is 0 Å². The zero-order valence-corrected chi connectivity index (χ0v) is 16.8. The summed E-state index contributed by atoms with van der Waals surface area (Å²) >= 11 is 0. The van der Waals surface area contributed by atoms with E-state index in [0.717, 1.165) is 30.4 Å². The van der Waals surface area contributed by atoms with E-state index in [2.05, 4.69) is 32.6 Å². The van der Waals surface area contributed by atoms with Crippen molar-refractivity contribution in [2.24, 2.45) is 11.8 Å². The fraction of sp³-hybridized carbons (Fsp3) is 0.583. The lowest BCUT2D eigenvalue weighted by Gasteiger charge is -2.29. The summed E-state index contributed by atoms with van der Waals surface area (Å²) in [7, 11) is 0. The maximum atomic E-state index is 10.7. The summed E-state index contributed by atoms with van der Waals surface area (Å²) in [6.45, 7) is 10.6. The van der Waals surface area contributed by atoms with Crippen LogP contribution in [0.3, 0.4) is 0 Å². The van der Waals surface area contributed by atoms with Crippen molar-refractivity contribution in [1.29, 1.82) is 0 Å². The fourth-order valence-corrected chi connectivity index (χ4v) is 4.25. The molecule has 26 heavy (non-hydrogen) atoms. The smallest absolute Gasteiger partial charge is 0.123 e. The summed E-state index contributed by atoms with van der Waals surface area (Å²) in [4.78, 5) is 0. The van der Waals surface area contributed by atoms with Crippen LogP contribution >= 0.6 is 0 Å². The molecule has 0 amide bonds. The molecule has 0 radical (unpaired) electrons. The largest absolute Gasteiger partial charge is 0.507 e. The van der Waals surface area contributed by atoms with Gasteiger partial charge in [-0.25, -0.2) is 0 Å². The van der Waals surface area contributed by atoms with Gasteiger partial charge in [-0.05, 0) is 55.7 Å². The second-order valence-electron chi connectivity index (χ2n) is 8.19. The highest BCUT2D eigenvalue weighted by Crippen LogP contribution is 2.45. The number of hydrogen-bond acceptors (Lipinski definition) is 2. The Kier molecular flexibility index (Phi) is 7.81. The Balaban J connectivity index is 2.11. The first-order valence-electron chi connectivity index (χ1n) is 10.3. The van der Waals surface area contributed by atoms with Gasteiger partial charge in [-0.2, -0.15) is 0 Å². The highest BCUT2D eigenvalue weighted by molar-refractivity contribution is 5.51. The van der Waals surface area contributed by atoms with Gasteiger partial charge in [-0.15, -0.1) is 0 Å². The third-order valence-corrected chi connectivity index (χ3v) is 5.72. The third-order valence-electron chi connectivity index (χ3n) is 5.72. The Bertz CT molecular complexity index is 606. The molecule has 0 aromatic heterocycles. The molecule has 2 heteroatoms. The molecule has 144 valence electrons. The predicted octanol–water partition coefficient (Wildman–Crippen LogP) is 6.87. The minimum Gasteiger partial charge on any atom is -0.507 e. The highest BCUT2D eigenvalue weighted by atomic mass is 16.3. The molecule has 0 spiro atoms. The SMILES string of the molecule is C=C(C)[C@H]1CCC=C[C@@H]1c1c(O)cc(CC(C)CCCCCC)cc1O. The van der Waals surface area contributed by atoms with Gasteiger partial charge in [-0.1, -0.05) is 70.3 Å². The van der Waals surface area contributed by atoms with Crippen LogP contribution in [0.25, 0.3) is 0 Å². The molecule has 1 aliphatic rings. The predicted molar refractivity (Wildman–Crippen MR) is 111 cm³/mol. The number of allylic oxidation sites excluding steroid dienone is 3. The van der Waals surface area contributed by atoms with Crippen molar-refractivity contribution in [3.8, 4) is 11.5 Å². The number of hydrogen-bond donors (Lipinski definition) is 2. The van der Waals surface area contributed by atoms with Crippen LogP contribution in [0.15, 0.2) is 36.4 Å². The summed E-state index contributed by atoms with van der Waals surface area (Å²) in [5.74, 6) is 1.30. The molecule has 1 aromatic rings. The molecular formula is C24H36O2. The van der Waals surface area contributed by atoms with Crippen molar-refractivity contribution in [3.63, 3.8) is 0 Å². The Morgan fingerprint density at radius 3 is 2.50 bits per heavy atom. The number of rotatable bonds is 9. The van der Waals surface area contributed by atoms with Crippen molar-refractivity contribution in [2.45, 2.75) is 78.1 Å². The van der Waals surface area contributed by atoms with E-state index in [1.807, 2.05) is 19.1 Å². The average molecular weight is 357 g/mol. The zero-order chi connectivity index (χ0) is 19.1. The lowest BCUT2D eigenvalue weighted by Crippen LogP contribution is -2.15. The van der Waals surface area contributed by atoms with E-state index in [1.54, 1.807) is 0 Å². The van der Waals surface area contributed by atoms with Crippen molar-refractivity contribution in [2.75, 3.05) is 0 Å². The molecule has 2 nitrogen and oxygen atoms in total. The Hall–Kier alpha value is -1.70. The molecule has 3 atom stereocenters. The first kappa shape index (κ1) is 20.6. The monoisotopic (exact) mass is 356 g/mol. The number of benzene rings is 1. The summed E-state index contributed by atoms with van der Waals surface area (Å²) < 4.78 is 0. The van der Waals surface area contributed by atoms with Gasteiger partial charge >= 0.3 is 0 Å². The van der Waals surface area contributed by atoms with Gasteiger partial charge < -0.3 is 10.2 Å². The van der Waals surface area contributed by atoms with Crippen LogP contribution in [-0.4, -0.2) is 10.2 Å². The van der Waals surface area contributed by atoms with Gasteiger partial charge in [0.1, 0.15) is 11.5 Å². The number of aromatic hydroxyl groups is 2. The second-order valence-corrected chi connectivity index (χ2v) is 8.19. The molecule has 1 aromatic carbocycles. The molecule has 1 aliphatic carbocycles. The van der Waals surface area contributed by atoms with Crippen LogP contribution in [0.1, 0.15) is 82.8 Å². The summed E-state index contributed by atoms with van der Waals surface area (Å²) in [6, 6.07) is 3.71. The van der Waals surface area contributed by atoms with Crippen molar-refractivity contribution in [3.05, 3.63) is 47.6 Å². The zero-order valence-electron chi connectivity index (χ0n) is 16.8. The molecule has 1 unspecified atom stereocenters. The van der Waals surface area contributed by atoms with E-state index < -0.39 is 0 Å². The quantitative estimate of drug-likeness (QED) is 0.374. The van der Waals surface area contributed by atoms with Gasteiger partial charge in [0.05, 0.1) is 0 Å². The third kappa shape index (κ3) is 5.40. The van der Waals surface area contributed by atoms with Crippen LogP contribution in [-0.2, 0) is 6.42 Å². The molecular weight excluding hydrogens is 320 g/mol. The van der Waals surface area contributed by atoms with Crippen LogP contribution in [0, 0.1) is 11.8 Å². The second kappa shape index (κ2) is 9.85. The number of phenolic OH excluding ortho intramolecular Hbond substituents is 2. The van der Waals surface area contributed by atoms with Crippen LogP contribution in [0.4, 0.5) is 0 Å². The summed E-state index contributed by atoms with van der Waals surface area (Å²) in [6.07, 6.45) is 13.5. The van der Waals surface area contributed by atoms with Gasteiger partial charge in [-0.3, -0.25) is 0 Å². The van der Waals surface area contributed by atoms with Crippen molar-refractivity contribution >= 4 is 0 Å². The number of unbranched alkanes of at least 4 members (excludes halogenated alkanes) is 3. The Morgan fingerprint density at radius 2 is 1.88 bits per heavy atom. The minimum atomic E-state index is 0.0155. The molecule has 2 rings (SSSR count). The van der Waals surface area contributed by atoms with Crippen molar-refractivity contribution < 1.29 is 10.2 Å². The Morgan fingerprint density at radius 1 is 1.19 bits per heavy atom. The van der Waals surface area contributed by atoms with Gasteiger partial charge in [0.2, 0.25) is 0 Å². The molecule has 0 saturated heterocycles. The fourth-order valence-electron chi connectivity index (χ4n) is 4.25. The normalized spacial score (nSPS) is 20.9. The molecule has 0 saturated carbocycles. The standard InChI is InChI=1S/C24H36O2/c1-5-6-7-8-11-18(4)14-19-15-22(25)24(23(26)16-19)21-13-10-9-12-20(21)17(2)3/h10,13,15-16,18,20-21,25-26H,2,5-9,11-12,14H2,1,3-4H3/t18?,20-,21+/m1/s1. The topological polar surface area (TPSA) is 40.5 Å². The summed E-state index contributed by atoms with van der Waals surface area (Å²) in [5.41, 5.74) is 2.80. The molecule has 2 N–H and O–H groups in total. The van der Waals surface area contributed by atoms with Gasteiger partial charge in [0.25, 0.3) is 0 Å². The first-order valence-corrected chi connectivity index (χ1v) is 10.3. The van der Waals surface area contributed by atoms with Crippen LogP contribution in [0.5, 0.6) is 11.5 Å². The van der Waals surface area contributed by atoms with E-state index in [1.165, 1.54) is 32.1 Å². The van der Waals surface area contributed by atoms with E-state index in [0.29, 0.717) is 11.5 Å². The minimum absolute atomic E-state index is 0.0155. The molecule has 0 fully saturated rings. The van der Waals surface area contributed by atoms with E-state index in [9.17, 15) is 10.2 Å². The first-order chi connectivity index (χ1) is 12.4. The molecule has 0 bridgehead atoms. The van der Waals surface area contributed by atoms with E-state index >= 15 is 0 Å². The Labute approximate surface area is 159 Å². The maximum Gasteiger partial charge on any atom is 0.123 e. The number of phenols is 2. The average Bonchev–Trinajstić information content (AvgIpc) is 2.58. The van der Waals surface area contributed by atoms with Crippen LogP contribution in [0.2, 0.25) is 0 Å². The van der Waals surface area contributed by atoms with Crippen molar-refractivity contribution in [1.82, 2.24) is 0 Å². The van der Waals surface area contributed by atoms with Crippen LogP contribution < -0.4 is 0 Å². The van der Waals surface area contributed by atoms with Gasteiger partial charge in [0, 0.05) is 11.5 Å². The molecule has 0 heterocycles. The van der Waals surface area contributed by atoms with E-state index in [-0.39, 0.29) is 23.3 Å². The summed E-state index contributed by atoms with van der Waals surface area (Å²) in [5, 5.41) is 21.3. The van der Waals surface area contributed by atoms with E-state index in [4.69, 9.17) is 0 Å². The lowest BCUT2D eigenvalue weighted by atomic mass is 9.75.